The van der Waals surface area contributed by atoms with Crippen molar-refractivity contribution in [1.82, 2.24) is 9.88 Å². The number of benzene rings is 1. The Morgan fingerprint density at radius 1 is 1.17 bits per heavy atom. The fraction of sp³-hybridized carbons (Fsp3) is 0.312. The number of hydrogen-bond donors (Lipinski definition) is 0. The lowest BCUT2D eigenvalue weighted by Gasteiger charge is -2.35. The zero-order chi connectivity index (χ0) is 16.2. The Morgan fingerprint density at radius 3 is 2.52 bits per heavy atom. The number of piperazine rings is 1. The average Bonchev–Trinajstić information content (AvgIpc) is 2.56. The number of nitrogens with zero attached hydrogens (tertiary/aromatic N) is 4. The van der Waals surface area contributed by atoms with E-state index >= 15 is 0 Å². The fourth-order valence-electron chi connectivity index (χ4n) is 2.76. The summed E-state index contributed by atoms with van der Waals surface area (Å²) < 4.78 is 0.621. The SMILES string of the molecule is O=[N+]([O-])c1cc(Br)cnc1N1CCN(Cc2ccccc2)CC1. The van der Waals surface area contributed by atoms with Crippen molar-refractivity contribution in [2.24, 2.45) is 0 Å². The molecule has 1 saturated heterocycles. The molecule has 0 radical (unpaired) electrons. The monoisotopic (exact) mass is 376 g/mol. The van der Waals surface area contributed by atoms with Gasteiger partial charge < -0.3 is 4.90 Å². The van der Waals surface area contributed by atoms with Crippen LogP contribution in [0.1, 0.15) is 5.56 Å². The summed E-state index contributed by atoms with van der Waals surface area (Å²) in [4.78, 5) is 19.5. The van der Waals surface area contributed by atoms with Crippen LogP contribution in [0.15, 0.2) is 47.1 Å². The van der Waals surface area contributed by atoms with Crippen LogP contribution in [0.2, 0.25) is 0 Å². The largest absolute Gasteiger partial charge is 0.348 e. The molecule has 0 aliphatic carbocycles. The molecule has 2 aromatic rings. The van der Waals surface area contributed by atoms with Crippen LogP contribution in [-0.2, 0) is 6.54 Å². The van der Waals surface area contributed by atoms with Gasteiger partial charge in [0.1, 0.15) is 0 Å². The third-order valence-electron chi connectivity index (χ3n) is 3.93. The predicted molar refractivity (Wildman–Crippen MR) is 92.5 cm³/mol. The molecular weight excluding hydrogens is 360 g/mol. The Morgan fingerprint density at radius 2 is 1.87 bits per heavy atom. The van der Waals surface area contributed by atoms with Crippen molar-refractivity contribution in [1.29, 1.82) is 0 Å². The molecule has 0 spiro atoms. The quantitative estimate of drug-likeness (QED) is 0.605. The number of anilines is 1. The van der Waals surface area contributed by atoms with Crippen molar-refractivity contribution in [3.8, 4) is 0 Å². The molecule has 0 bridgehead atoms. The number of rotatable bonds is 4. The zero-order valence-corrected chi connectivity index (χ0v) is 14.1. The maximum Gasteiger partial charge on any atom is 0.312 e. The van der Waals surface area contributed by atoms with Gasteiger partial charge in [-0.3, -0.25) is 15.0 Å². The lowest BCUT2D eigenvalue weighted by molar-refractivity contribution is -0.384. The van der Waals surface area contributed by atoms with Gasteiger partial charge in [0, 0.05) is 49.5 Å². The van der Waals surface area contributed by atoms with Gasteiger partial charge in [-0.15, -0.1) is 0 Å². The number of halogens is 1. The molecule has 2 heterocycles. The number of nitro groups is 1. The molecule has 0 saturated carbocycles. The molecule has 0 unspecified atom stereocenters. The second-order valence-electron chi connectivity index (χ2n) is 5.50. The van der Waals surface area contributed by atoms with Gasteiger partial charge in [-0.25, -0.2) is 4.98 Å². The highest BCUT2D eigenvalue weighted by Gasteiger charge is 2.25. The van der Waals surface area contributed by atoms with E-state index in [4.69, 9.17) is 0 Å². The van der Waals surface area contributed by atoms with Gasteiger partial charge in [0.15, 0.2) is 0 Å². The molecule has 6 nitrogen and oxygen atoms in total. The van der Waals surface area contributed by atoms with Crippen LogP contribution < -0.4 is 4.90 Å². The Hall–Kier alpha value is -1.99. The van der Waals surface area contributed by atoms with E-state index in [1.807, 2.05) is 23.1 Å². The van der Waals surface area contributed by atoms with E-state index < -0.39 is 0 Å². The molecule has 7 heteroatoms. The number of hydrogen-bond acceptors (Lipinski definition) is 5. The van der Waals surface area contributed by atoms with Crippen LogP contribution in [0.3, 0.4) is 0 Å². The zero-order valence-electron chi connectivity index (χ0n) is 12.6. The standard InChI is InChI=1S/C16H17BrN4O2/c17-14-10-15(21(22)23)16(18-11-14)20-8-6-19(7-9-20)12-13-4-2-1-3-5-13/h1-5,10-11H,6-9,12H2. The minimum atomic E-state index is -0.372. The van der Waals surface area contributed by atoms with Crippen molar-refractivity contribution in [3.63, 3.8) is 0 Å². The average molecular weight is 377 g/mol. The van der Waals surface area contributed by atoms with E-state index in [-0.39, 0.29) is 10.6 Å². The maximum absolute atomic E-state index is 11.2. The molecule has 1 aromatic carbocycles. The molecule has 0 N–H and O–H groups in total. The summed E-state index contributed by atoms with van der Waals surface area (Å²) in [5.74, 6) is 0.456. The molecule has 3 rings (SSSR count). The van der Waals surface area contributed by atoms with E-state index in [0.29, 0.717) is 10.3 Å². The van der Waals surface area contributed by atoms with Crippen molar-refractivity contribution >= 4 is 27.4 Å². The summed E-state index contributed by atoms with van der Waals surface area (Å²) >= 11 is 3.24. The van der Waals surface area contributed by atoms with Crippen molar-refractivity contribution in [3.05, 3.63) is 62.7 Å². The van der Waals surface area contributed by atoms with Gasteiger partial charge in [0.25, 0.3) is 0 Å². The van der Waals surface area contributed by atoms with E-state index in [9.17, 15) is 10.1 Å². The second-order valence-corrected chi connectivity index (χ2v) is 6.42. The highest BCUT2D eigenvalue weighted by molar-refractivity contribution is 9.10. The summed E-state index contributed by atoms with van der Waals surface area (Å²) in [6.07, 6.45) is 1.61. The maximum atomic E-state index is 11.2. The van der Waals surface area contributed by atoms with E-state index in [1.54, 1.807) is 6.20 Å². The molecule has 1 aliphatic heterocycles. The second kappa shape index (κ2) is 7.06. The van der Waals surface area contributed by atoms with Crippen LogP contribution in [0, 0.1) is 10.1 Å². The normalized spacial score (nSPS) is 15.6. The van der Waals surface area contributed by atoms with Crippen LogP contribution in [0.25, 0.3) is 0 Å². The summed E-state index contributed by atoms with van der Waals surface area (Å²) in [5, 5.41) is 11.2. The fourth-order valence-corrected chi connectivity index (χ4v) is 3.08. The summed E-state index contributed by atoms with van der Waals surface area (Å²) in [6.45, 7) is 4.11. The Kier molecular flexibility index (Phi) is 4.88. The van der Waals surface area contributed by atoms with Crippen molar-refractivity contribution in [2.45, 2.75) is 6.54 Å². The van der Waals surface area contributed by atoms with E-state index in [2.05, 4.69) is 37.9 Å². The lowest BCUT2D eigenvalue weighted by Crippen LogP contribution is -2.46. The highest BCUT2D eigenvalue weighted by Crippen LogP contribution is 2.29. The third kappa shape index (κ3) is 3.86. The van der Waals surface area contributed by atoms with Crippen LogP contribution in [0.4, 0.5) is 11.5 Å². The topological polar surface area (TPSA) is 62.5 Å². The van der Waals surface area contributed by atoms with E-state index in [0.717, 1.165) is 32.7 Å². The van der Waals surface area contributed by atoms with Crippen LogP contribution in [-0.4, -0.2) is 41.0 Å². The molecule has 120 valence electrons. The van der Waals surface area contributed by atoms with Gasteiger partial charge in [-0.05, 0) is 21.5 Å². The molecule has 23 heavy (non-hydrogen) atoms. The van der Waals surface area contributed by atoms with E-state index in [1.165, 1.54) is 11.6 Å². The minimum Gasteiger partial charge on any atom is -0.348 e. The van der Waals surface area contributed by atoms with Crippen LogP contribution in [0.5, 0.6) is 0 Å². The first-order valence-electron chi connectivity index (χ1n) is 7.44. The predicted octanol–water partition coefficient (Wildman–Crippen LogP) is 3.07. The van der Waals surface area contributed by atoms with Gasteiger partial charge in [0.05, 0.1) is 4.92 Å². The van der Waals surface area contributed by atoms with Gasteiger partial charge in [-0.2, -0.15) is 0 Å². The molecule has 1 aromatic heterocycles. The Bertz CT molecular complexity index is 688. The first kappa shape index (κ1) is 15.9. The molecular formula is C16H17BrN4O2. The van der Waals surface area contributed by atoms with Crippen molar-refractivity contribution in [2.75, 3.05) is 31.1 Å². The molecule has 1 fully saturated rings. The number of aromatic nitrogens is 1. The molecule has 0 atom stereocenters. The smallest absolute Gasteiger partial charge is 0.312 e. The highest BCUT2D eigenvalue weighted by atomic mass is 79.9. The lowest BCUT2D eigenvalue weighted by atomic mass is 10.2. The van der Waals surface area contributed by atoms with Gasteiger partial charge >= 0.3 is 5.69 Å². The number of pyridine rings is 1. The molecule has 0 amide bonds. The summed E-state index contributed by atoms with van der Waals surface area (Å²) in [6, 6.07) is 11.8. The summed E-state index contributed by atoms with van der Waals surface area (Å²) in [7, 11) is 0. The van der Waals surface area contributed by atoms with Crippen LogP contribution >= 0.6 is 15.9 Å². The third-order valence-corrected chi connectivity index (χ3v) is 4.37. The Balaban J connectivity index is 1.66. The molecule has 1 aliphatic rings. The minimum absolute atomic E-state index is 0.0517. The van der Waals surface area contributed by atoms with Crippen molar-refractivity contribution < 1.29 is 4.92 Å². The first-order valence-corrected chi connectivity index (χ1v) is 8.24. The summed E-state index contributed by atoms with van der Waals surface area (Å²) in [5.41, 5.74) is 1.34. The van der Waals surface area contributed by atoms with Gasteiger partial charge in [0.2, 0.25) is 5.82 Å². The van der Waals surface area contributed by atoms with Gasteiger partial charge in [-0.1, -0.05) is 30.3 Å². The first-order chi connectivity index (χ1) is 11.1. The Labute approximate surface area is 143 Å².